The number of hydrogen-bond acceptors (Lipinski definition) is 7. The van der Waals surface area contributed by atoms with E-state index in [1.165, 1.54) is 14.2 Å². The van der Waals surface area contributed by atoms with E-state index < -0.39 is 12.0 Å². The molecule has 0 bridgehead atoms. The molecule has 0 aliphatic heterocycles. The summed E-state index contributed by atoms with van der Waals surface area (Å²) in [5.74, 6) is 0.499. The molecule has 8 heteroatoms. The van der Waals surface area contributed by atoms with Gasteiger partial charge in [-0.05, 0) is 12.5 Å². The Morgan fingerprint density at radius 3 is 2.54 bits per heavy atom. The van der Waals surface area contributed by atoms with Crippen LogP contribution in [0.25, 0.3) is 10.9 Å². The van der Waals surface area contributed by atoms with E-state index >= 15 is 0 Å². The first-order valence-electron chi connectivity index (χ1n) is 7.68. The van der Waals surface area contributed by atoms with Crippen LogP contribution in [0.3, 0.4) is 0 Å². The predicted molar refractivity (Wildman–Crippen MR) is 91.6 cm³/mol. The van der Waals surface area contributed by atoms with Gasteiger partial charge in [-0.1, -0.05) is 19.8 Å². The number of ether oxygens (including phenoxy) is 2. The van der Waals surface area contributed by atoms with Crippen LogP contribution in [0.2, 0.25) is 0 Å². The van der Waals surface area contributed by atoms with Crippen molar-refractivity contribution in [3.8, 4) is 11.5 Å². The van der Waals surface area contributed by atoms with Crippen LogP contribution in [0.15, 0.2) is 12.1 Å². The normalized spacial score (nSPS) is 12.0. The zero-order valence-corrected chi connectivity index (χ0v) is 14.0. The lowest BCUT2D eigenvalue weighted by Gasteiger charge is -2.15. The molecule has 0 spiro atoms. The molecule has 1 aromatic heterocycles. The topological polar surface area (TPSA) is 120 Å². The lowest BCUT2D eigenvalue weighted by atomic mass is 10.1. The van der Waals surface area contributed by atoms with Crippen molar-refractivity contribution in [1.82, 2.24) is 9.97 Å². The summed E-state index contributed by atoms with van der Waals surface area (Å²) >= 11 is 0. The number of nitrogens with one attached hydrogen (secondary N) is 1. The van der Waals surface area contributed by atoms with Gasteiger partial charge in [0.15, 0.2) is 11.5 Å². The van der Waals surface area contributed by atoms with Gasteiger partial charge >= 0.3 is 5.97 Å². The highest BCUT2D eigenvalue weighted by atomic mass is 16.5. The summed E-state index contributed by atoms with van der Waals surface area (Å²) in [5, 5.41) is 12.8. The van der Waals surface area contributed by atoms with Crippen molar-refractivity contribution >= 4 is 28.6 Å². The average molecular weight is 334 g/mol. The third kappa shape index (κ3) is 3.76. The first-order chi connectivity index (χ1) is 11.5. The SMILES string of the molecule is CCCC[C@H](Nc1nc(N)c2cc(OC)c(OC)cc2n1)C(=O)O. The Kier molecular flexibility index (Phi) is 5.62. The van der Waals surface area contributed by atoms with Gasteiger partial charge in [0.25, 0.3) is 0 Å². The van der Waals surface area contributed by atoms with Crippen LogP contribution in [-0.4, -0.2) is 41.3 Å². The Labute approximate surface area is 140 Å². The molecule has 0 radical (unpaired) electrons. The number of fused-ring (bicyclic) bond motifs is 1. The minimum absolute atomic E-state index is 0.177. The van der Waals surface area contributed by atoms with E-state index in [-0.39, 0.29) is 11.8 Å². The molecule has 4 N–H and O–H groups in total. The van der Waals surface area contributed by atoms with Crippen LogP contribution < -0.4 is 20.5 Å². The summed E-state index contributed by atoms with van der Waals surface area (Å²) in [6.07, 6.45) is 2.18. The molecule has 130 valence electrons. The molecular formula is C16H22N4O4. The maximum atomic E-state index is 11.4. The van der Waals surface area contributed by atoms with Crippen LogP contribution >= 0.6 is 0 Å². The summed E-state index contributed by atoms with van der Waals surface area (Å²) < 4.78 is 10.5. The highest BCUT2D eigenvalue weighted by Gasteiger charge is 2.19. The Morgan fingerprint density at radius 1 is 1.29 bits per heavy atom. The molecule has 0 fully saturated rings. The predicted octanol–water partition coefficient (Wildman–Crippen LogP) is 2.28. The van der Waals surface area contributed by atoms with Gasteiger partial charge in [0.2, 0.25) is 5.95 Å². The summed E-state index contributed by atoms with van der Waals surface area (Å²) in [5.41, 5.74) is 6.53. The van der Waals surface area contributed by atoms with Crippen LogP contribution in [0, 0.1) is 0 Å². The fraction of sp³-hybridized carbons (Fsp3) is 0.438. The average Bonchev–Trinajstić information content (AvgIpc) is 2.57. The van der Waals surface area contributed by atoms with E-state index in [0.717, 1.165) is 12.8 Å². The largest absolute Gasteiger partial charge is 0.493 e. The van der Waals surface area contributed by atoms with Gasteiger partial charge in [-0.15, -0.1) is 0 Å². The number of unbranched alkanes of at least 4 members (excludes halogenated alkanes) is 1. The number of nitrogens with two attached hydrogens (primary N) is 1. The van der Waals surface area contributed by atoms with Crippen molar-refractivity contribution in [2.75, 3.05) is 25.3 Å². The second kappa shape index (κ2) is 7.67. The standard InChI is InChI=1S/C16H22N4O4/c1-4-5-6-10(15(21)22)18-16-19-11-8-13(24-3)12(23-2)7-9(11)14(17)20-16/h7-8,10H,4-6H2,1-3H3,(H,21,22)(H3,17,18,19,20)/t10-/m0/s1. The van der Waals surface area contributed by atoms with E-state index in [1.54, 1.807) is 12.1 Å². The molecule has 0 saturated heterocycles. The van der Waals surface area contributed by atoms with Crippen molar-refractivity contribution in [1.29, 1.82) is 0 Å². The molecule has 0 aliphatic carbocycles. The quantitative estimate of drug-likeness (QED) is 0.672. The van der Waals surface area contributed by atoms with E-state index in [0.29, 0.717) is 28.8 Å². The fourth-order valence-corrected chi connectivity index (χ4v) is 2.37. The lowest BCUT2D eigenvalue weighted by molar-refractivity contribution is -0.138. The second-order valence-electron chi connectivity index (χ2n) is 5.33. The molecule has 2 rings (SSSR count). The Balaban J connectivity index is 2.40. The Hall–Kier alpha value is -2.77. The smallest absolute Gasteiger partial charge is 0.326 e. The van der Waals surface area contributed by atoms with Crippen molar-refractivity contribution in [2.45, 2.75) is 32.2 Å². The number of carboxylic acids is 1. The third-order valence-corrected chi connectivity index (χ3v) is 3.68. The highest BCUT2D eigenvalue weighted by molar-refractivity contribution is 5.92. The van der Waals surface area contributed by atoms with Gasteiger partial charge in [-0.2, -0.15) is 4.98 Å². The number of hydrogen-bond donors (Lipinski definition) is 3. The first kappa shape index (κ1) is 17.6. The number of carboxylic acid groups (broad SMARTS) is 1. The number of rotatable bonds is 8. The Bertz CT molecular complexity index is 736. The number of nitrogen functional groups attached to an aromatic ring is 1. The molecular weight excluding hydrogens is 312 g/mol. The number of aromatic nitrogens is 2. The van der Waals surface area contributed by atoms with E-state index in [2.05, 4.69) is 15.3 Å². The van der Waals surface area contributed by atoms with Crippen LogP contribution in [0.1, 0.15) is 26.2 Å². The fourth-order valence-electron chi connectivity index (χ4n) is 2.37. The zero-order valence-electron chi connectivity index (χ0n) is 14.0. The molecule has 24 heavy (non-hydrogen) atoms. The molecule has 1 aromatic carbocycles. The zero-order chi connectivity index (χ0) is 17.7. The molecule has 0 amide bonds. The first-order valence-corrected chi connectivity index (χ1v) is 7.68. The maximum Gasteiger partial charge on any atom is 0.326 e. The molecule has 0 saturated carbocycles. The number of nitrogens with zero attached hydrogens (tertiary/aromatic N) is 2. The summed E-state index contributed by atoms with van der Waals surface area (Å²) in [4.78, 5) is 19.9. The van der Waals surface area contributed by atoms with Crippen LogP contribution in [0.5, 0.6) is 11.5 Å². The minimum atomic E-state index is -0.946. The number of carbonyl (C=O) groups is 1. The summed E-state index contributed by atoms with van der Waals surface area (Å²) in [7, 11) is 3.06. The lowest BCUT2D eigenvalue weighted by Crippen LogP contribution is -2.30. The van der Waals surface area contributed by atoms with Crippen molar-refractivity contribution in [3.05, 3.63) is 12.1 Å². The highest BCUT2D eigenvalue weighted by Crippen LogP contribution is 2.33. The van der Waals surface area contributed by atoms with Gasteiger partial charge < -0.3 is 25.6 Å². The molecule has 2 aromatic rings. The van der Waals surface area contributed by atoms with Gasteiger partial charge in [-0.3, -0.25) is 0 Å². The van der Waals surface area contributed by atoms with Gasteiger partial charge in [0.05, 0.1) is 19.7 Å². The summed E-state index contributed by atoms with van der Waals surface area (Å²) in [6, 6.07) is 2.61. The van der Waals surface area contributed by atoms with Gasteiger partial charge in [0.1, 0.15) is 11.9 Å². The van der Waals surface area contributed by atoms with Crippen molar-refractivity contribution in [2.24, 2.45) is 0 Å². The molecule has 8 nitrogen and oxygen atoms in total. The van der Waals surface area contributed by atoms with Crippen LogP contribution in [0.4, 0.5) is 11.8 Å². The molecule has 0 unspecified atom stereocenters. The number of anilines is 2. The van der Waals surface area contributed by atoms with Crippen LogP contribution in [-0.2, 0) is 4.79 Å². The van der Waals surface area contributed by atoms with Gasteiger partial charge in [-0.25, -0.2) is 9.78 Å². The summed E-state index contributed by atoms with van der Waals surface area (Å²) in [6.45, 7) is 2.00. The Morgan fingerprint density at radius 2 is 1.96 bits per heavy atom. The minimum Gasteiger partial charge on any atom is -0.493 e. The van der Waals surface area contributed by atoms with Crippen molar-refractivity contribution < 1.29 is 19.4 Å². The number of benzene rings is 1. The van der Waals surface area contributed by atoms with Crippen molar-refractivity contribution in [3.63, 3.8) is 0 Å². The number of methoxy groups -OCH3 is 2. The third-order valence-electron chi connectivity index (χ3n) is 3.68. The number of aliphatic carboxylic acids is 1. The van der Waals surface area contributed by atoms with E-state index in [9.17, 15) is 9.90 Å². The monoisotopic (exact) mass is 334 g/mol. The molecule has 1 heterocycles. The molecule has 1 atom stereocenters. The maximum absolute atomic E-state index is 11.4. The van der Waals surface area contributed by atoms with E-state index in [4.69, 9.17) is 15.2 Å². The molecule has 0 aliphatic rings. The van der Waals surface area contributed by atoms with Gasteiger partial charge in [0, 0.05) is 11.5 Å². The van der Waals surface area contributed by atoms with E-state index in [1.807, 2.05) is 6.92 Å². The second-order valence-corrected chi connectivity index (χ2v) is 5.33.